The van der Waals surface area contributed by atoms with E-state index in [1.165, 1.54) is 22.2 Å². The number of thioether (sulfide) groups is 1. The van der Waals surface area contributed by atoms with Gasteiger partial charge in [-0.15, -0.1) is 11.3 Å². The van der Waals surface area contributed by atoms with Crippen molar-refractivity contribution in [1.82, 2.24) is 4.98 Å². The molecule has 5 rings (SSSR count). The van der Waals surface area contributed by atoms with Gasteiger partial charge in [-0.1, -0.05) is 68.4 Å². The molecule has 3 nitrogen and oxygen atoms in total. The third-order valence-electron chi connectivity index (χ3n) is 5.52. The van der Waals surface area contributed by atoms with E-state index in [1.54, 1.807) is 32.0 Å². The Balaban J connectivity index is 1.55. The molecule has 0 fully saturated rings. The van der Waals surface area contributed by atoms with Gasteiger partial charge >= 0.3 is 0 Å². The number of nitrogens with zero attached hydrogens (tertiary/aromatic N) is 2. The maximum atomic E-state index is 13.7. The largest absolute Gasteiger partial charge is 0.292 e. The molecule has 1 aliphatic rings. The summed E-state index contributed by atoms with van der Waals surface area (Å²) in [5, 5.41) is 1.02. The zero-order valence-corrected chi connectivity index (χ0v) is 21.6. The molecule has 4 aromatic rings. The molecule has 0 N–H and O–H groups in total. The van der Waals surface area contributed by atoms with Gasteiger partial charge in [0.05, 0.1) is 32.1 Å². The maximum absolute atomic E-state index is 13.7. The van der Waals surface area contributed by atoms with Crippen LogP contribution in [0, 0.1) is 17.7 Å². The molecule has 3 heterocycles. The fourth-order valence-electron chi connectivity index (χ4n) is 4.21. The van der Waals surface area contributed by atoms with Gasteiger partial charge in [-0.3, -0.25) is 9.69 Å². The Morgan fingerprint density at radius 3 is 2.74 bits per heavy atom. The van der Waals surface area contributed by atoms with Crippen molar-refractivity contribution in [3.8, 4) is 11.1 Å². The van der Waals surface area contributed by atoms with Crippen molar-refractivity contribution in [2.75, 3.05) is 4.90 Å². The lowest BCUT2D eigenvalue weighted by Gasteiger charge is -2.43. The number of fused-ring (bicyclic) bond motifs is 4. The first-order chi connectivity index (χ1) is 14.8. The molecule has 2 aromatic heterocycles. The van der Waals surface area contributed by atoms with Gasteiger partial charge in [-0.05, 0) is 51.5 Å². The molecule has 0 spiro atoms. The molecule has 0 aliphatic carbocycles. The van der Waals surface area contributed by atoms with Gasteiger partial charge < -0.3 is 0 Å². The number of amides is 1. The van der Waals surface area contributed by atoms with E-state index in [1.807, 2.05) is 23.1 Å². The van der Waals surface area contributed by atoms with E-state index in [-0.39, 0.29) is 5.24 Å². The van der Waals surface area contributed by atoms with Crippen LogP contribution in [0.2, 0.25) is 0 Å². The summed E-state index contributed by atoms with van der Waals surface area (Å²) >= 11 is 8.69. The molecule has 0 atom stereocenters. The number of hydrogen-bond donors (Lipinski definition) is 0. The van der Waals surface area contributed by atoms with Crippen LogP contribution < -0.4 is 4.90 Å². The van der Waals surface area contributed by atoms with E-state index in [0.29, 0.717) is 5.75 Å². The summed E-state index contributed by atoms with van der Waals surface area (Å²) in [6.45, 7) is 8.44. The van der Waals surface area contributed by atoms with Crippen LogP contribution in [0.3, 0.4) is 0 Å². The van der Waals surface area contributed by atoms with E-state index in [2.05, 4.69) is 45.9 Å². The number of aryl methyl sites for hydroxylation is 2. The Kier molecular flexibility index (Phi) is 5.34. The first kappa shape index (κ1) is 21.3. The van der Waals surface area contributed by atoms with Gasteiger partial charge in [0.15, 0.2) is 0 Å². The standard InChI is InChI=1S/C23H20N2OS5/c1-12-9-13(2)19-14(10-12)18-20(30-31-21(18)27)23(3,4)25(19)22(26)28-11-17-24-15-7-5-6-8-16(15)29-17/h5-10H,11H2,1-4H3. The number of thiazole rings is 1. The lowest BCUT2D eigenvalue weighted by molar-refractivity contribution is 0.259. The van der Waals surface area contributed by atoms with E-state index in [4.69, 9.17) is 17.2 Å². The molecular formula is C23H20N2OS5. The van der Waals surface area contributed by atoms with E-state index < -0.39 is 5.54 Å². The van der Waals surface area contributed by atoms with Crippen LogP contribution in [-0.2, 0) is 11.3 Å². The minimum atomic E-state index is -0.460. The normalized spacial score (nSPS) is 14.5. The van der Waals surface area contributed by atoms with Crippen molar-refractivity contribution in [3.63, 3.8) is 0 Å². The third kappa shape index (κ3) is 3.49. The summed E-state index contributed by atoms with van der Waals surface area (Å²) in [5.74, 6) is 0.567. The van der Waals surface area contributed by atoms with Crippen molar-refractivity contribution >= 4 is 77.1 Å². The summed E-state index contributed by atoms with van der Waals surface area (Å²) < 4.78 is 2.07. The average molecular weight is 501 g/mol. The number of para-hydroxylation sites is 1. The second kappa shape index (κ2) is 7.78. The second-order valence-corrected chi connectivity index (χ2v) is 13.0. The van der Waals surface area contributed by atoms with Crippen molar-refractivity contribution in [1.29, 1.82) is 0 Å². The van der Waals surface area contributed by atoms with Crippen LogP contribution in [0.5, 0.6) is 0 Å². The van der Waals surface area contributed by atoms with Gasteiger partial charge in [0.1, 0.15) is 8.83 Å². The Hall–Kier alpha value is -1.58. The first-order valence-electron chi connectivity index (χ1n) is 9.84. The van der Waals surface area contributed by atoms with Gasteiger partial charge in [-0.2, -0.15) is 0 Å². The zero-order valence-electron chi connectivity index (χ0n) is 17.5. The topological polar surface area (TPSA) is 33.2 Å². The number of carbonyl (C=O) groups is 1. The number of aromatic nitrogens is 1. The molecule has 0 saturated heterocycles. The van der Waals surface area contributed by atoms with Crippen molar-refractivity contribution in [3.05, 3.63) is 61.2 Å². The summed E-state index contributed by atoms with van der Waals surface area (Å²) in [7, 11) is 3.32. The Morgan fingerprint density at radius 1 is 1.19 bits per heavy atom. The minimum Gasteiger partial charge on any atom is -0.292 e. The molecule has 0 bridgehead atoms. The summed E-state index contributed by atoms with van der Waals surface area (Å²) in [6.07, 6.45) is 0. The van der Waals surface area contributed by atoms with Crippen molar-refractivity contribution < 1.29 is 4.79 Å². The minimum absolute atomic E-state index is 0.0485. The molecule has 0 radical (unpaired) electrons. The molecule has 1 aliphatic heterocycles. The van der Waals surface area contributed by atoms with Crippen LogP contribution in [-0.4, -0.2) is 10.2 Å². The lowest BCUT2D eigenvalue weighted by Crippen LogP contribution is -2.46. The number of carbonyl (C=O) groups excluding carboxylic acids is 1. The van der Waals surface area contributed by atoms with Gasteiger partial charge in [-0.25, -0.2) is 4.98 Å². The SMILES string of the molecule is Cc1cc(C)c2c(c1)-c1c(ssc1=S)C(C)(C)N2C(=O)SCc1nc2ccccc2s1. The Labute approximate surface area is 202 Å². The van der Waals surface area contributed by atoms with Crippen LogP contribution >= 0.6 is 56.0 Å². The van der Waals surface area contributed by atoms with Gasteiger partial charge in [0, 0.05) is 11.1 Å². The monoisotopic (exact) mass is 500 g/mol. The Morgan fingerprint density at radius 2 is 1.97 bits per heavy atom. The van der Waals surface area contributed by atoms with Gasteiger partial charge in [0.25, 0.3) is 5.24 Å². The quantitative estimate of drug-likeness (QED) is 0.204. The van der Waals surface area contributed by atoms with Crippen LogP contribution in [0.15, 0.2) is 36.4 Å². The molecule has 2 aromatic carbocycles. The van der Waals surface area contributed by atoms with Crippen molar-refractivity contribution in [2.45, 2.75) is 39.0 Å². The average Bonchev–Trinajstić information content (AvgIpc) is 3.31. The number of rotatable bonds is 2. The zero-order chi connectivity index (χ0) is 21.9. The smallest absolute Gasteiger partial charge is 0.287 e. The van der Waals surface area contributed by atoms with Gasteiger partial charge in [0.2, 0.25) is 0 Å². The van der Waals surface area contributed by atoms with E-state index in [9.17, 15) is 4.79 Å². The van der Waals surface area contributed by atoms with E-state index >= 15 is 0 Å². The molecule has 8 heteroatoms. The Bertz CT molecular complexity index is 1360. The highest BCUT2D eigenvalue weighted by molar-refractivity contribution is 8.13. The van der Waals surface area contributed by atoms with E-state index in [0.717, 1.165) is 41.4 Å². The van der Waals surface area contributed by atoms with Crippen LogP contribution in [0.25, 0.3) is 21.3 Å². The predicted octanol–water partition coefficient (Wildman–Crippen LogP) is 8.54. The highest BCUT2D eigenvalue weighted by Gasteiger charge is 2.43. The fourth-order valence-corrected chi connectivity index (χ4v) is 9.43. The highest BCUT2D eigenvalue weighted by atomic mass is 32.9. The number of benzene rings is 2. The molecule has 31 heavy (non-hydrogen) atoms. The molecule has 0 saturated carbocycles. The lowest BCUT2D eigenvalue weighted by atomic mass is 9.86. The molecule has 0 unspecified atom stereocenters. The highest BCUT2D eigenvalue weighted by Crippen LogP contribution is 2.54. The maximum Gasteiger partial charge on any atom is 0.287 e. The summed E-state index contributed by atoms with van der Waals surface area (Å²) in [6, 6.07) is 12.4. The molecular weight excluding hydrogens is 481 g/mol. The summed E-state index contributed by atoms with van der Waals surface area (Å²) in [5.41, 5.74) is 6.03. The number of anilines is 1. The summed E-state index contributed by atoms with van der Waals surface area (Å²) in [4.78, 5) is 21.5. The first-order valence-corrected chi connectivity index (χ1v) is 14.2. The number of hydrogen-bond acceptors (Lipinski definition) is 7. The van der Waals surface area contributed by atoms with Crippen LogP contribution in [0.1, 0.15) is 34.9 Å². The second-order valence-electron chi connectivity index (χ2n) is 8.16. The fraction of sp³-hybridized carbons (Fsp3) is 0.261. The molecule has 158 valence electrons. The van der Waals surface area contributed by atoms with Crippen LogP contribution in [0.4, 0.5) is 10.5 Å². The molecule has 1 amide bonds. The third-order valence-corrected chi connectivity index (χ3v) is 10.9. The predicted molar refractivity (Wildman–Crippen MR) is 140 cm³/mol. The van der Waals surface area contributed by atoms with Crippen molar-refractivity contribution in [2.24, 2.45) is 0 Å².